The molecule has 0 aromatic carbocycles. The molecule has 0 rings (SSSR count). The highest BCUT2D eigenvalue weighted by Crippen LogP contribution is 1.89. The molecular weight excluding hydrogens is 224 g/mol. The molecule has 6 heteroatoms. The molecule has 0 bridgehead atoms. The lowest BCUT2D eigenvalue weighted by Crippen LogP contribution is -2.41. The maximum Gasteiger partial charge on any atom is 0.216 e. The topological polar surface area (TPSA) is 65.5 Å². The molecule has 0 saturated carbocycles. The van der Waals surface area contributed by atoms with Gasteiger partial charge >= 0.3 is 0 Å². The van der Waals surface area contributed by atoms with Gasteiger partial charge in [0.25, 0.3) is 0 Å². The van der Waals surface area contributed by atoms with E-state index in [2.05, 4.69) is 27.2 Å². The maximum absolute atomic E-state index is 10.6. The Labute approximate surface area is 102 Å². The molecule has 0 spiro atoms. The van der Waals surface area contributed by atoms with Crippen molar-refractivity contribution in [3.63, 3.8) is 0 Å². The van der Waals surface area contributed by atoms with E-state index in [4.69, 9.17) is 0 Å². The van der Waals surface area contributed by atoms with Gasteiger partial charge in [0.15, 0.2) is 5.96 Å². The van der Waals surface area contributed by atoms with Gasteiger partial charge < -0.3 is 16.0 Å². The molecule has 0 aliphatic rings. The maximum atomic E-state index is 10.6. The van der Waals surface area contributed by atoms with Gasteiger partial charge in [-0.15, -0.1) is 0 Å². The summed E-state index contributed by atoms with van der Waals surface area (Å²) in [5.74, 6) is 1.82. The SMILES string of the molecule is CCNC(=NCCSC)NCCNC(C)=O. The highest BCUT2D eigenvalue weighted by atomic mass is 32.2. The van der Waals surface area contributed by atoms with Crippen LogP contribution in [0.15, 0.2) is 4.99 Å². The van der Waals surface area contributed by atoms with Crippen molar-refractivity contribution in [3.8, 4) is 0 Å². The van der Waals surface area contributed by atoms with Crippen molar-refractivity contribution in [2.45, 2.75) is 13.8 Å². The van der Waals surface area contributed by atoms with Gasteiger partial charge in [-0.2, -0.15) is 11.8 Å². The number of carbonyl (C=O) groups excluding carboxylic acids is 1. The summed E-state index contributed by atoms with van der Waals surface area (Å²) in [4.78, 5) is 15.0. The molecule has 5 nitrogen and oxygen atoms in total. The first kappa shape index (κ1) is 15.1. The van der Waals surface area contributed by atoms with E-state index in [0.29, 0.717) is 13.1 Å². The van der Waals surface area contributed by atoms with Crippen LogP contribution in [0.5, 0.6) is 0 Å². The molecule has 0 aromatic heterocycles. The number of guanidine groups is 1. The van der Waals surface area contributed by atoms with Crippen LogP contribution in [0.3, 0.4) is 0 Å². The molecule has 0 fully saturated rings. The highest BCUT2D eigenvalue weighted by Gasteiger charge is 1.96. The number of aliphatic imine (C=N–C) groups is 1. The van der Waals surface area contributed by atoms with E-state index in [0.717, 1.165) is 24.8 Å². The number of hydrogen-bond acceptors (Lipinski definition) is 3. The summed E-state index contributed by atoms with van der Waals surface area (Å²) in [5.41, 5.74) is 0. The fourth-order valence-corrected chi connectivity index (χ4v) is 1.28. The lowest BCUT2D eigenvalue weighted by atomic mass is 10.5. The minimum absolute atomic E-state index is 0.00822. The van der Waals surface area contributed by atoms with Crippen LogP contribution in [0, 0.1) is 0 Å². The van der Waals surface area contributed by atoms with Crippen LogP contribution in [0.25, 0.3) is 0 Å². The molecule has 1 amide bonds. The molecule has 16 heavy (non-hydrogen) atoms. The molecule has 3 N–H and O–H groups in total. The van der Waals surface area contributed by atoms with Gasteiger partial charge in [-0.1, -0.05) is 0 Å². The van der Waals surface area contributed by atoms with E-state index in [1.807, 2.05) is 6.92 Å². The largest absolute Gasteiger partial charge is 0.357 e. The third kappa shape index (κ3) is 9.64. The van der Waals surface area contributed by atoms with E-state index in [1.165, 1.54) is 6.92 Å². The van der Waals surface area contributed by atoms with Crippen molar-refractivity contribution in [3.05, 3.63) is 0 Å². The number of nitrogens with one attached hydrogen (secondary N) is 3. The van der Waals surface area contributed by atoms with E-state index < -0.39 is 0 Å². The molecule has 0 heterocycles. The first-order valence-corrected chi connectivity index (χ1v) is 6.85. The van der Waals surface area contributed by atoms with Crippen LogP contribution in [0.4, 0.5) is 0 Å². The standard InChI is InChI=1S/C10H22N4OS/c1-4-11-10(14-7-8-16-3)13-6-5-12-9(2)15/h4-8H2,1-3H3,(H,12,15)(H2,11,13,14). The Bertz CT molecular complexity index is 221. The Balaban J connectivity index is 3.74. The summed E-state index contributed by atoms with van der Waals surface area (Å²) < 4.78 is 0. The zero-order chi connectivity index (χ0) is 12.2. The summed E-state index contributed by atoms with van der Waals surface area (Å²) in [5, 5.41) is 9.02. The van der Waals surface area contributed by atoms with E-state index in [9.17, 15) is 4.79 Å². The van der Waals surface area contributed by atoms with Crippen molar-refractivity contribution < 1.29 is 4.79 Å². The Hall–Kier alpha value is -0.910. The minimum Gasteiger partial charge on any atom is -0.357 e. The zero-order valence-corrected chi connectivity index (χ0v) is 11.1. The first-order valence-electron chi connectivity index (χ1n) is 5.46. The van der Waals surface area contributed by atoms with Crippen LogP contribution in [0.1, 0.15) is 13.8 Å². The van der Waals surface area contributed by atoms with Gasteiger partial charge in [-0.05, 0) is 13.2 Å². The van der Waals surface area contributed by atoms with Gasteiger partial charge in [-0.25, -0.2) is 0 Å². The molecule has 0 radical (unpaired) electrons. The number of carbonyl (C=O) groups is 1. The third-order valence-corrected chi connectivity index (χ3v) is 2.29. The second-order valence-electron chi connectivity index (χ2n) is 3.16. The predicted molar refractivity (Wildman–Crippen MR) is 71.0 cm³/mol. The second kappa shape index (κ2) is 10.6. The van der Waals surface area contributed by atoms with Crippen LogP contribution < -0.4 is 16.0 Å². The highest BCUT2D eigenvalue weighted by molar-refractivity contribution is 7.98. The van der Waals surface area contributed by atoms with E-state index in [1.54, 1.807) is 11.8 Å². The molecule has 0 aliphatic carbocycles. The van der Waals surface area contributed by atoms with E-state index in [-0.39, 0.29) is 5.91 Å². The molecular formula is C10H22N4OS. The minimum atomic E-state index is -0.00822. The zero-order valence-electron chi connectivity index (χ0n) is 10.3. The third-order valence-electron chi connectivity index (χ3n) is 1.70. The first-order chi connectivity index (χ1) is 7.70. The lowest BCUT2D eigenvalue weighted by Gasteiger charge is -2.11. The summed E-state index contributed by atoms with van der Waals surface area (Å²) in [6, 6.07) is 0. The predicted octanol–water partition coefficient (Wildman–Crippen LogP) is 0.0406. The normalized spacial score (nSPS) is 11.1. The summed E-state index contributed by atoms with van der Waals surface area (Å²) in [7, 11) is 0. The Morgan fingerprint density at radius 2 is 1.94 bits per heavy atom. The van der Waals surface area contributed by atoms with Gasteiger partial charge in [0.05, 0.1) is 6.54 Å². The van der Waals surface area contributed by atoms with Crippen molar-refractivity contribution in [2.75, 3.05) is 38.2 Å². The average molecular weight is 246 g/mol. The fraction of sp³-hybridized carbons (Fsp3) is 0.800. The van der Waals surface area contributed by atoms with Gasteiger partial charge in [0.1, 0.15) is 0 Å². The van der Waals surface area contributed by atoms with Crippen LogP contribution in [0.2, 0.25) is 0 Å². The number of rotatable bonds is 7. The van der Waals surface area contributed by atoms with Crippen molar-refractivity contribution in [1.82, 2.24) is 16.0 Å². The number of hydrogen-bond donors (Lipinski definition) is 3. The number of nitrogens with zero attached hydrogens (tertiary/aromatic N) is 1. The Morgan fingerprint density at radius 3 is 2.50 bits per heavy atom. The van der Waals surface area contributed by atoms with Crippen LogP contribution in [-0.4, -0.2) is 50.1 Å². The van der Waals surface area contributed by atoms with Crippen molar-refractivity contribution in [1.29, 1.82) is 0 Å². The van der Waals surface area contributed by atoms with Crippen LogP contribution >= 0.6 is 11.8 Å². The Morgan fingerprint density at radius 1 is 1.25 bits per heavy atom. The van der Waals surface area contributed by atoms with Gasteiger partial charge in [-0.3, -0.25) is 9.79 Å². The molecule has 0 saturated heterocycles. The summed E-state index contributed by atoms with van der Waals surface area (Å²) >= 11 is 1.77. The van der Waals surface area contributed by atoms with Gasteiger partial charge in [0, 0.05) is 32.3 Å². The monoisotopic (exact) mass is 246 g/mol. The van der Waals surface area contributed by atoms with Crippen molar-refractivity contribution in [2.24, 2.45) is 4.99 Å². The molecule has 0 atom stereocenters. The molecule has 0 unspecified atom stereocenters. The second-order valence-corrected chi connectivity index (χ2v) is 4.15. The van der Waals surface area contributed by atoms with Crippen LogP contribution in [-0.2, 0) is 4.79 Å². The molecule has 94 valence electrons. The number of thioether (sulfide) groups is 1. The summed E-state index contributed by atoms with van der Waals surface area (Å²) in [6.07, 6.45) is 2.06. The fourth-order valence-electron chi connectivity index (χ4n) is 1.01. The Kier molecular flexibility index (Phi) is 10.00. The molecule has 0 aromatic rings. The summed E-state index contributed by atoms with van der Waals surface area (Å²) in [6.45, 7) is 6.48. The lowest BCUT2D eigenvalue weighted by molar-refractivity contribution is -0.118. The number of amides is 1. The quantitative estimate of drug-likeness (QED) is 0.337. The van der Waals surface area contributed by atoms with Gasteiger partial charge in [0.2, 0.25) is 5.91 Å². The van der Waals surface area contributed by atoms with Crippen molar-refractivity contribution >= 4 is 23.6 Å². The smallest absolute Gasteiger partial charge is 0.216 e. The average Bonchev–Trinajstić information content (AvgIpc) is 2.24. The molecule has 0 aliphatic heterocycles. The van der Waals surface area contributed by atoms with E-state index >= 15 is 0 Å².